The van der Waals surface area contributed by atoms with Crippen LogP contribution in [0.25, 0.3) is 0 Å². The monoisotopic (exact) mass is 362 g/mol. The van der Waals surface area contributed by atoms with Crippen LogP contribution in [-0.2, 0) is 9.84 Å². The lowest BCUT2D eigenvalue weighted by Gasteiger charge is -2.41. The first-order valence-electron chi connectivity index (χ1n) is 7.81. The normalized spacial score (nSPS) is 28.7. The van der Waals surface area contributed by atoms with E-state index in [2.05, 4.69) is 22.9 Å². The number of likely N-dealkylation sites (N-methyl/N-ethyl adjacent to an activating group) is 1. The van der Waals surface area contributed by atoms with E-state index in [9.17, 15) is 8.42 Å². The van der Waals surface area contributed by atoms with Crippen molar-refractivity contribution in [2.75, 3.05) is 44.7 Å². The van der Waals surface area contributed by atoms with Crippen LogP contribution in [0.15, 0.2) is 12.1 Å². The standard InChI is InChI=1S/C15H23ClN2O2S2/c1-17(4-5-18-6-8-22(19,20)9-7-18)13-10-12(11-13)14-2-3-15(16)21-14/h2-3,12-13H,4-11H2,1H3. The van der Waals surface area contributed by atoms with Crippen molar-refractivity contribution in [2.45, 2.75) is 24.8 Å². The van der Waals surface area contributed by atoms with Crippen molar-refractivity contribution >= 4 is 32.8 Å². The molecular formula is C15H23ClN2O2S2. The summed E-state index contributed by atoms with van der Waals surface area (Å²) >= 11 is 7.70. The third-order valence-electron chi connectivity index (χ3n) is 4.94. The molecule has 0 radical (unpaired) electrons. The van der Waals surface area contributed by atoms with Crippen LogP contribution in [0.5, 0.6) is 0 Å². The average Bonchev–Trinajstić information content (AvgIpc) is 2.82. The van der Waals surface area contributed by atoms with Gasteiger partial charge in [0.15, 0.2) is 9.84 Å². The summed E-state index contributed by atoms with van der Waals surface area (Å²) in [5.41, 5.74) is 0. The highest BCUT2D eigenvalue weighted by Gasteiger charge is 2.34. The maximum atomic E-state index is 11.4. The molecule has 0 N–H and O–H groups in total. The second kappa shape index (κ2) is 6.77. The van der Waals surface area contributed by atoms with Gasteiger partial charge < -0.3 is 9.80 Å². The number of hydrogen-bond donors (Lipinski definition) is 0. The first-order valence-corrected chi connectivity index (χ1v) is 10.8. The van der Waals surface area contributed by atoms with Gasteiger partial charge in [0.05, 0.1) is 15.8 Å². The minimum absolute atomic E-state index is 0.321. The van der Waals surface area contributed by atoms with Crippen LogP contribution < -0.4 is 0 Å². The number of sulfone groups is 1. The molecule has 22 heavy (non-hydrogen) atoms. The van der Waals surface area contributed by atoms with Gasteiger partial charge in [0.2, 0.25) is 0 Å². The molecule has 1 saturated heterocycles. The minimum atomic E-state index is -2.76. The van der Waals surface area contributed by atoms with Crippen molar-refractivity contribution < 1.29 is 8.42 Å². The lowest BCUT2D eigenvalue weighted by Crippen LogP contribution is -2.47. The SMILES string of the molecule is CN(CCN1CCS(=O)(=O)CC1)C1CC(c2ccc(Cl)s2)C1. The molecule has 1 aromatic rings. The van der Waals surface area contributed by atoms with E-state index in [1.54, 1.807) is 11.3 Å². The number of hydrogen-bond acceptors (Lipinski definition) is 5. The van der Waals surface area contributed by atoms with Crippen molar-refractivity contribution in [1.82, 2.24) is 9.80 Å². The predicted octanol–water partition coefficient (Wildman–Crippen LogP) is 2.31. The molecule has 7 heteroatoms. The zero-order chi connectivity index (χ0) is 15.7. The minimum Gasteiger partial charge on any atom is -0.302 e. The molecule has 1 aliphatic carbocycles. The summed E-state index contributed by atoms with van der Waals surface area (Å²) < 4.78 is 23.7. The first kappa shape index (κ1) is 16.7. The number of nitrogens with zero attached hydrogens (tertiary/aromatic N) is 2. The maximum absolute atomic E-state index is 11.4. The predicted molar refractivity (Wildman–Crippen MR) is 92.8 cm³/mol. The highest BCUT2D eigenvalue weighted by atomic mass is 35.5. The quantitative estimate of drug-likeness (QED) is 0.806. The first-order chi connectivity index (χ1) is 10.4. The highest BCUT2D eigenvalue weighted by molar-refractivity contribution is 7.91. The Morgan fingerprint density at radius 1 is 1.32 bits per heavy atom. The lowest BCUT2D eigenvalue weighted by atomic mass is 9.78. The molecule has 0 spiro atoms. The van der Waals surface area contributed by atoms with Crippen LogP contribution >= 0.6 is 22.9 Å². The molecule has 4 nitrogen and oxygen atoms in total. The van der Waals surface area contributed by atoms with Crippen LogP contribution in [0.4, 0.5) is 0 Å². The molecule has 0 unspecified atom stereocenters. The van der Waals surface area contributed by atoms with Crippen molar-refractivity contribution in [2.24, 2.45) is 0 Å². The van der Waals surface area contributed by atoms with Crippen molar-refractivity contribution in [3.63, 3.8) is 0 Å². The van der Waals surface area contributed by atoms with E-state index in [1.807, 2.05) is 6.07 Å². The molecule has 3 rings (SSSR count). The number of thiophene rings is 1. The summed E-state index contributed by atoms with van der Waals surface area (Å²) in [6, 6.07) is 4.80. The highest BCUT2D eigenvalue weighted by Crippen LogP contribution is 2.42. The number of halogens is 1. The van der Waals surface area contributed by atoms with Gasteiger partial charge in [0.25, 0.3) is 0 Å². The van der Waals surface area contributed by atoms with E-state index < -0.39 is 9.84 Å². The molecular weight excluding hydrogens is 340 g/mol. The summed E-state index contributed by atoms with van der Waals surface area (Å²) in [6.45, 7) is 3.37. The zero-order valence-corrected chi connectivity index (χ0v) is 15.3. The molecule has 124 valence electrons. The fourth-order valence-electron chi connectivity index (χ4n) is 3.18. The summed E-state index contributed by atoms with van der Waals surface area (Å²) in [4.78, 5) is 6.11. The Kier molecular flexibility index (Phi) is 5.14. The van der Waals surface area contributed by atoms with E-state index in [-0.39, 0.29) is 0 Å². The van der Waals surface area contributed by atoms with Gasteiger partial charge in [-0.2, -0.15) is 0 Å². The van der Waals surface area contributed by atoms with Gasteiger partial charge in [0.1, 0.15) is 0 Å². The van der Waals surface area contributed by atoms with Crippen LogP contribution in [0.2, 0.25) is 4.34 Å². The Morgan fingerprint density at radius 3 is 2.59 bits per heavy atom. The van der Waals surface area contributed by atoms with Crippen molar-refractivity contribution in [3.8, 4) is 0 Å². The molecule has 0 bridgehead atoms. The molecule has 1 saturated carbocycles. The van der Waals surface area contributed by atoms with E-state index in [1.165, 1.54) is 17.7 Å². The second-order valence-electron chi connectivity index (χ2n) is 6.44. The smallest absolute Gasteiger partial charge is 0.152 e. The molecule has 2 aliphatic rings. The van der Waals surface area contributed by atoms with Gasteiger partial charge in [-0.3, -0.25) is 0 Å². The molecule has 1 aliphatic heterocycles. The van der Waals surface area contributed by atoms with Gasteiger partial charge in [-0.25, -0.2) is 8.42 Å². The molecule has 0 amide bonds. The fraction of sp³-hybridized carbons (Fsp3) is 0.733. The van der Waals surface area contributed by atoms with Crippen LogP contribution in [0, 0.1) is 0 Å². The molecule has 2 heterocycles. The van der Waals surface area contributed by atoms with E-state index in [0.29, 0.717) is 36.6 Å². The molecule has 2 fully saturated rings. The fourth-order valence-corrected chi connectivity index (χ4v) is 5.65. The summed E-state index contributed by atoms with van der Waals surface area (Å²) in [7, 11) is -0.581. The van der Waals surface area contributed by atoms with E-state index >= 15 is 0 Å². The lowest BCUT2D eigenvalue weighted by molar-refractivity contribution is 0.122. The molecule has 0 atom stereocenters. The van der Waals surface area contributed by atoms with Crippen molar-refractivity contribution in [3.05, 3.63) is 21.3 Å². The van der Waals surface area contributed by atoms with Gasteiger partial charge in [-0.05, 0) is 37.9 Å². The average molecular weight is 363 g/mol. The number of rotatable bonds is 5. The van der Waals surface area contributed by atoms with Gasteiger partial charge in [-0.15, -0.1) is 11.3 Å². The van der Waals surface area contributed by atoms with E-state index in [0.717, 1.165) is 17.4 Å². The Bertz CT molecular complexity index is 597. The van der Waals surface area contributed by atoms with Crippen LogP contribution in [-0.4, -0.2) is 69.0 Å². The third kappa shape index (κ3) is 4.03. The topological polar surface area (TPSA) is 40.6 Å². The van der Waals surface area contributed by atoms with Gasteiger partial charge in [-0.1, -0.05) is 11.6 Å². The van der Waals surface area contributed by atoms with Gasteiger partial charge in [0, 0.05) is 37.1 Å². The van der Waals surface area contributed by atoms with Crippen molar-refractivity contribution in [1.29, 1.82) is 0 Å². The van der Waals surface area contributed by atoms with Crippen LogP contribution in [0.3, 0.4) is 0 Å². The zero-order valence-electron chi connectivity index (χ0n) is 12.9. The molecule has 0 aromatic carbocycles. The third-order valence-corrected chi connectivity index (χ3v) is 7.94. The Balaban J connectivity index is 1.38. The Labute approximate surface area is 142 Å². The Hall–Kier alpha value is -0.140. The van der Waals surface area contributed by atoms with Crippen LogP contribution in [0.1, 0.15) is 23.6 Å². The van der Waals surface area contributed by atoms with E-state index in [4.69, 9.17) is 11.6 Å². The second-order valence-corrected chi connectivity index (χ2v) is 10.5. The van der Waals surface area contributed by atoms with Gasteiger partial charge >= 0.3 is 0 Å². The molecule has 1 aromatic heterocycles. The largest absolute Gasteiger partial charge is 0.302 e. The summed E-state index contributed by atoms with van der Waals surface area (Å²) in [6.07, 6.45) is 2.42. The summed E-state index contributed by atoms with van der Waals surface area (Å²) in [5, 5.41) is 0. The summed E-state index contributed by atoms with van der Waals surface area (Å²) in [5.74, 6) is 1.31. The maximum Gasteiger partial charge on any atom is 0.152 e. The Morgan fingerprint density at radius 2 is 2.00 bits per heavy atom.